The van der Waals surface area contributed by atoms with Crippen molar-refractivity contribution in [3.8, 4) is 0 Å². The minimum absolute atomic E-state index is 0.0457. The molecule has 9 heteroatoms. The highest BCUT2D eigenvalue weighted by Gasteiger charge is 2.35. The van der Waals surface area contributed by atoms with Crippen LogP contribution in [0.25, 0.3) is 0 Å². The topological polar surface area (TPSA) is 86.8 Å². The molecule has 0 radical (unpaired) electrons. The number of carbonyl (C=O) groups excluding carboxylic acids is 2. The zero-order valence-electron chi connectivity index (χ0n) is 23.0. The lowest BCUT2D eigenvalue weighted by Gasteiger charge is -2.35. The van der Waals surface area contributed by atoms with Gasteiger partial charge in [0.1, 0.15) is 12.6 Å². The van der Waals surface area contributed by atoms with Crippen LogP contribution in [0.2, 0.25) is 5.02 Å². The molecule has 0 bridgehead atoms. The van der Waals surface area contributed by atoms with Crippen LogP contribution >= 0.6 is 11.6 Å². The van der Waals surface area contributed by atoms with Gasteiger partial charge in [0.25, 0.3) is 10.0 Å². The maximum Gasteiger partial charge on any atom is 0.264 e. The van der Waals surface area contributed by atoms with Crippen LogP contribution in [0.4, 0.5) is 5.69 Å². The van der Waals surface area contributed by atoms with Crippen LogP contribution < -0.4 is 9.62 Å². The van der Waals surface area contributed by atoms with Crippen molar-refractivity contribution in [2.45, 2.75) is 64.1 Å². The number of hydrogen-bond acceptors (Lipinski definition) is 4. The standard InChI is InChI=1S/C30H36ClN3O4S/c1-6-26(29(36)32-30(3,4)5)33(20-23-14-9-7-10-15-23)28(35)21-34(27-19-13-18-25(31)22(27)2)39(37,38)24-16-11-8-12-17-24/h7-19,26H,6,20-21H2,1-5H3,(H,32,36)/t26-/m0/s1. The van der Waals surface area contributed by atoms with Gasteiger partial charge in [-0.15, -0.1) is 0 Å². The van der Waals surface area contributed by atoms with Crippen molar-refractivity contribution < 1.29 is 18.0 Å². The van der Waals surface area contributed by atoms with Gasteiger partial charge in [-0.25, -0.2) is 8.42 Å². The smallest absolute Gasteiger partial charge is 0.264 e. The Balaban J connectivity index is 2.09. The van der Waals surface area contributed by atoms with Crippen LogP contribution in [-0.4, -0.2) is 43.3 Å². The van der Waals surface area contributed by atoms with Gasteiger partial charge in [-0.05, 0) is 69.5 Å². The van der Waals surface area contributed by atoms with E-state index in [2.05, 4.69) is 5.32 Å². The van der Waals surface area contributed by atoms with Crippen LogP contribution in [0.5, 0.6) is 0 Å². The lowest BCUT2D eigenvalue weighted by atomic mass is 10.1. The number of nitrogens with one attached hydrogen (secondary N) is 1. The van der Waals surface area contributed by atoms with Crippen molar-refractivity contribution in [2.24, 2.45) is 0 Å². The van der Waals surface area contributed by atoms with Crippen LogP contribution in [0.3, 0.4) is 0 Å². The molecular weight excluding hydrogens is 534 g/mol. The summed E-state index contributed by atoms with van der Waals surface area (Å²) in [5.41, 5.74) is 1.14. The highest BCUT2D eigenvalue weighted by molar-refractivity contribution is 7.92. The molecule has 3 aromatic rings. The predicted molar refractivity (Wildman–Crippen MR) is 156 cm³/mol. The quantitative estimate of drug-likeness (QED) is 0.346. The molecule has 0 aliphatic heterocycles. The van der Waals surface area contributed by atoms with E-state index in [0.717, 1.165) is 9.87 Å². The maximum atomic E-state index is 14.1. The van der Waals surface area contributed by atoms with Crippen molar-refractivity contribution in [1.82, 2.24) is 10.2 Å². The Morgan fingerprint density at radius 1 is 0.923 bits per heavy atom. The molecule has 0 saturated carbocycles. The molecule has 0 aliphatic carbocycles. The number of carbonyl (C=O) groups is 2. The first-order valence-electron chi connectivity index (χ1n) is 12.8. The van der Waals surface area contributed by atoms with Gasteiger partial charge < -0.3 is 10.2 Å². The van der Waals surface area contributed by atoms with E-state index in [0.29, 0.717) is 22.7 Å². The van der Waals surface area contributed by atoms with E-state index in [1.54, 1.807) is 43.3 Å². The molecule has 0 aromatic heterocycles. The normalized spacial score (nSPS) is 12.5. The van der Waals surface area contributed by atoms with E-state index in [1.807, 2.05) is 58.0 Å². The molecule has 0 saturated heterocycles. The molecule has 3 aromatic carbocycles. The average Bonchev–Trinajstić information content (AvgIpc) is 2.89. The Bertz CT molecular complexity index is 1390. The van der Waals surface area contributed by atoms with E-state index in [-0.39, 0.29) is 17.3 Å². The number of anilines is 1. The number of rotatable bonds is 10. The first-order valence-corrected chi connectivity index (χ1v) is 14.6. The van der Waals surface area contributed by atoms with Gasteiger partial charge in [-0.3, -0.25) is 13.9 Å². The summed E-state index contributed by atoms with van der Waals surface area (Å²) >= 11 is 6.37. The highest BCUT2D eigenvalue weighted by Crippen LogP contribution is 2.31. The van der Waals surface area contributed by atoms with E-state index in [1.165, 1.54) is 17.0 Å². The lowest BCUT2D eigenvalue weighted by Crippen LogP contribution is -2.55. The second-order valence-electron chi connectivity index (χ2n) is 10.4. The zero-order valence-corrected chi connectivity index (χ0v) is 24.6. The number of nitrogens with zero attached hydrogens (tertiary/aromatic N) is 2. The SMILES string of the molecule is CC[C@@H](C(=O)NC(C)(C)C)N(Cc1ccccc1)C(=O)CN(c1cccc(Cl)c1C)S(=O)(=O)c1ccccc1. The summed E-state index contributed by atoms with van der Waals surface area (Å²) in [7, 11) is -4.15. The van der Waals surface area contributed by atoms with Crippen molar-refractivity contribution in [3.05, 3.63) is 95.0 Å². The van der Waals surface area contributed by atoms with Crippen LogP contribution in [0.1, 0.15) is 45.2 Å². The van der Waals surface area contributed by atoms with E-state index in [9.17, 15) is 18.0 Å². The molecule has 3 rings (SSSR count). The third-order valence-corrected chi connectivity index (χ3v) is 8.38. The monoisotopic (exact) mass is 569 g/mol. The fraction of sp³-hybridized carbons (Fsp3) is 0.333. The molecule has 7 nitrogen and oxygen atoms in total. The molecule has 0 spiro atoms. The zero-order chi connectivity index (χ0) is 28.8. The third-order valence-electron chi connectivity index (χ3n) is 6.20. The molecule has 39 heavy (non-hydrogen) atoms. The fourth-order valence-corrected chi connectivity index (χ4v) is 5.91. The van der Waals surface area contributed by atoms with Gasteiger partial charge in [-0.1, -0.05) is 73.1 Å². The molecule has 0 heterocycles. The van der Waals surface area contributed by atoms with Gasteiger partial charge in [-0.2, -0.15) is 0 Å². The summed E-state index contributed by atoms with van der Waals surface area (Å²) in [6.07, 6.45) is 0.349. The van der Waals surface area contributed by atoms with Crippen LogP contribution in [0.15, 0.2) is 83.8 Å². The Hall–Kier alpha value is -3.36. The summed E-state index contributed by atoms with van der Waals surface area (Å²) in [5.74, 6) is -0.806. The first kappa shape index (κ1) is 30.2. The highest BCUT2D eigenvalue weighted by atomic mass is 35.5. The maximum absolute atomic E-state index is 14.1. The summed E-state index contributed by atoms with van der Waals surface area (Å²) < 4.78 is 28.9. The molecular formula is C30H36ClN3O4S. The van der Waals surface area contributed by atoms with Crippen molar-refractivity contribution in [2.75, 3.05) is 10.8 Å². The first-order chi connectivity index (χ1) is 18.3. The number of halogens is 1. The molecule has 0 fully saturated rings. The summed E-state index contributed by atoms with van der Waals surface area (Å²) in [6, 6.07) is 21.4. The molecule has 0 aliphatic rings. The van der Waals surface area contributed by atoms with Crippen molar-refractivity contribution in [3.63, 3.8) is 0 Å². The van der Waals surface area contributed by atoms with Crippen molar-refractivity contribution in [1.29, 1.82) is 0 Å². The van der Waals surface area contributed by atoms with E-state index in [4.69, 9.17) is 11.6 Å². The summed E-state index contributed by atoms with van der Waals surface area (Å²) in [6.45, 7) is 8.79. The van der Waals surface area contributed by atoms with E-state index < -0.39 is 34.1 Å². The van der Waals surface area contributed by atoms with Gasteiger partial charge in [0.05, 0.1) is 10.6 Å². The van der Waals surface area contributed by atoms with Crippen molar-refractivity contribution >= 4 is 39.1 Å². The Morgan fingerprint density at radius 3 is 2.08 bits per heavy atom. The third kappa shape index (κ3) is 7.61. The lowest BCUT2D eigenvalue weighted by molar-refractivity contribution is -0.141. The largest absolute Gasteiger partial charge is 0.350 e. The molecule has 1 N–H and O–H groups in total. The van der Waals surface area contributed by atoms with Gasteiger partial charge in [0.2, 0.25) is 11.8 Å². The minimum Gasteiger partial charge on any atom is -0.350 e. The van der Waals surface area contributed by atoms with E-state index >= 15 is 0 Å². The van der Waals surface area contributed by atoms with Gasteiger partial charge >= 0.3 is 0 Å². The number of benzene rings is 3. The molecule has 208 valence electrons. The average molecular weight is 570 g/mol. The summed E-state index contributed by atoms with van der Waals surface area (Å²) in [4.78, 5) is 28.9. The molecule has 0 unspecified atom stereocenters. The Morgan fingerprint density at radius 2 is 1.51 bits per heavy atom. The van der Waals surface area contributed by atoms with Crippen LogP contribution in [-0.2, 0) is 26.2 Å². The second-order valence-corrected chi connectivity index (χ2v) is 12.6. The fourth-order valence-electron chi connectivity index (χ4n) is 4.25. The molecule has 2 amide bonds. The predicted octanol–water partition coefficient (Wildman–Crippen LogP) is 5.57. The Labute approximate surface area is 236 Å². The molecule has 1 atom stereocenters. The van der Waals surface area contributed by atoms with Gasteiger partial charge in [0, 0.05) is 17.1 Å². The number of amides is 2. The number of hydrogen-bond donors (Lipinski definition) is 1. The van der Waals surface area contributed by atoms with Gasteiger partial charge in [0.15, 0.2) is 0 Å². The summed E-state index contributed by atoms with van der Waals surface area (Å²) in [5, 5.41) is 3.35. The second kappa shape index (κ2) is 12.7. The Kier molecular flexibility index (Phi) is 9.80. The van der Waals surface area contributed by atoms with Crippen LogP contribution in [0, 0.1) is 6.92 Å². The minimum atomic E-state index is -4.15. The number of sulfonamides is 1.